The van der Waals surface area contributed by atoms with Gasteiger partial charge in [-0.05, 0) is 19.1 Å². The van der Waals surface area contributed by atoms with Crippen LogP contribution in [-0.4, -0.2) is 45.8 Å². The molecule has 0 saturated heterocycles. The Labute approximate surface area is 119 Å². The zero-order chi connectivity index (χ0) is 15.2. The van der Waals surface area contributed by atoms with Crippen LogP contribution < -0.4 is 10.6 Å². The van der Waals surface area contributed by atoms with Crippen molar-refractivity contribution in [1.29, 1.82) is 0 Å². The molecule has 8 heteroatoms. The third-order valence-corrected chi connectivity index (χ3v) is 4.26. The number of hydrogen-bond acceptors (Lipinski definition) is 5. The van der Waals surface area contributed by atoms with Gasteiger partial charge in [0.2, 0.25) is 11.0 Å². The normalized spacial score (nSPS) is 11.8. The third kappa shape index (κ3) is 4.62. The van der Waals surface area contributed by atoms with Crippen molar-refractivity contribution in [3.63, 3.8) is 0 Å². The molecule has 1 aromatic heterocycles. The highest BCUT2D eigenvalue weighted by Gasteiger charge is 2.21. The molecule has 0 unspecified atom stereocenters. The van der Waals surface area contributed by atoms with Gasteiger partial charge < -0.3 is 15.1 Å². The van der Waals surface area contributed by atoms with E-state index in [2.05, 4.69) is 10.6 Å². The summed E-state index contributed by atoms with van der Waals surface area (Å²) in [5.41, 5.74) is 0. The fraction of sp³-hybridized carbons (Fsp3) is 0.583. The average molecular weight is 303 g/mol. The van der Waals surface area contributed by atoms with Crippen molar-refractivity contribution in [3.8, 4) is 0 Å². The first kappa shape index (κ1) is 16.7. The lowest BCUT2D eigenvalue weighted by molar-refractivity contribution is -0.120. The predicted octanol–water partition coefficient (Wildman–Crippen LogP) is 0.146. The number of furan rings is 1. The van der Waals surface area contributed by atoms with Crippen LogP contribution in [0.25, 0.3) is 0 Å². The Bertz CT molecular complexity index is 537. The number of carbonyl (C=O) groups excluding carboxylic acids is 1. The molecule has 20 heavy (non-hydrogen) atoms. The Morgan fingerprint density at radius 1 is 1.35 bits per heavy atom. The van der Waals surface area contributed by atoms with E-state index in [0.717, 1.165) is 4.31 Å². The van der Waals surface area contributed by atoms with Crippen molar-refractivity contribution in [2.75, 3.05) is 27.2 Å². The lowest BCUT2D eigenvalue weighted by Gasteiger charge is -2.08. The Kier molecular flexibility index (Phi) is 6.18. The van der Waals surface area contributed by atoms with Crippen LogP contribution in [0.15, 0.2) is 21.6 Å². The van der Waals surface area contributed by atoms with Crippen molar-refractivity contribution in [2.24, 2.45) is 0 Å². The summed E-state index contributed by atoms with van der Waals surface area (Å²) in [6, 6.07) is 3.03. The summed E-state index contributed by atoms with van der Waals surface area (Å²) in [7, 11) is -0.640. The number of amides is 1. The Morgan fingerprint density at radius 3 is 2.65 bits per heavy atom. The minimum Gasteiger partial charge on any atom is -0.447 e. The number of hydrogen-bond donors (Lipinski definition) is 2. The van der Waals surface area contributed by atoms with Crippen molar-refractivity contribution in [1.82, 2.24) is 14.9 Å². The van der Waals surface area contributed by atoms with Gasteiger partial charge in [0, 0.05) is 33.6 Å². The summed E-state index contributed by atoms with van der Waals surface area (Å²) < 4.78 is 30.0. The van der Waals surface area contributed by atoms with Gasteiger partial charge in [0.05, 0.1) is 6.54 Å². The summed E-state index contributed by atoms with van der Waals surface area (Å²) in [6.07, 6.45) is 0.372. The molecule has 1 heterocycles. The molecule has 0 aromatic carbocycles. The SMILES string of the molecule is CCNC(=O)CCNCc1ccc(S(=O)(=O)N(C)C)o1. The quantitative estimate of drug-likeness (QED) is 0.667. The van der Waals surface area contributed by atoms with E-state index in [9.17, 15) is 13.2 Å². The summed E-state index contributed by atoms with van der Waals surface area (Å²) in [6.45, 7) is 3.36. The second kappa shape index (κ2) is 7.41. The highest BCUT2D eigenvalue weighted by Crippen LogP contribution is 2.16. The Balaban J connectivity index is 2.44. The van der Waals surface area contributed by atoms with Crippen LogP contribution in [0, 0.1) is 0 Å². The lowest BCUT2D eigenvalue weighted by Crippen LogP contribution is -2.27. The van der Waals surface area contributed by atoms with E-state index in [0.29, 0.717) is 31.8 Å². The van der Waals surface area contributed by atoms with E-state index < -0.39 is 10.0 Å². The van der Waals surface area contributed by atoms with E-state index >= 15 is 0 Å². The van der Waals surface area contributed by atoms with Gasteiger partial charge in [0.1, 0.15) is 5.76 Å². The van der Waals surface area contributed by atoms with Gasteiger partial charge in [-0.2, -0.15) is 0 Å². The van der Waals surface area contributed by atoms with Gasteiger partial charge in [-0.1, -0.05) is 0 Å². The van der Waals surface area contributed by atoms with Gasteiger partial charge in [-0.25, -0.2) is 12.7 Å². The number of nitrogens with one attached hydrogen (secondary N) is 2. The molecular formula is C12H21N3O4S. The molecule has 0 aliphatic rings. The molecule has 0 fully saturated rings. The molecule has 0 atom stereocenters. The van der Waals surface area contributed by atoms with Gasteiger partial charge >= 0.3 is 0 Å². The largest absolute Gasteiger partial charge is 0.447 e. The van der Waals surface area contributed by atoms with Gasteiger partial charge in [-0.15, -0.1) is 0 Å². The molecule has 114 valence electrons. The first-order valence-electron chi connectivity index (χ1n) is 6.36. The van der Waals surface area contributed by atoms with Crippen LogP contribution in [0.5, 0.6) is 0 Å². The van der Waals surface area contributed by atoms with Crippen molar-refractivity contribution in [2.45, 2.75) is 25.0 Å². The molecular weight excluding hydrogens is 282 g/mol. The Morgan fingerprint density at radius 2 is 2.05 bits per heavy atom. The van der Waals surface area contributed by atoms with Crippen LogP contribution in [-0.2, 0) is 21.4 Å². The topological polar surface area (TPSA) is 91.7 Å². The number of sulfonamides is 1. The molecule has 0 aliphatic carbocycles. The fourth-order valence-corrected chi connectivity index (χ4v) is 2.28. The first-order chi connectivity index (χ1) is 9.37. The van der Waals surface area contributed by atoms with Crippen LogP contribution in [0.3, 0.4) is 0 Å². The van der Waals surface area contributed by atoms with Crippen LogP contribution >= 0.6 is 0 Å². The monoisotopic (exact) mass is 303 g/mol. The number of nitrogens with zero attached hydrogens (tertiary/aromatic N) is 1. The molecule has 1 rings (SSSR count). The average Bonchev–Trinajstić information content (AvgIpc) is 2.84. The molecule has 0 saturated carbocycles. The van der Waals surface area contributed by atoms with E-state index in [-0.39, 0.29) is 11.0 Å². The van der Waals surface area contributed by atoms with Gasteiger partial charge in [0.15, 0.2) is 0 Å². The van der Waals surface area contributed by atoms with Crippen LogP contribution in [0.4, 0.5) is 0 Å². The minimum atomic E-state index is -3.53. The molecule has 1 aromatic rings. The maximum absolute atomic E-state index is 11.8. The summed E-state index contributed by atoms with van der Waals surface area (Å²) in [5.74, 6) is 0.497. The zero-order valence-corrected chi connectivity index (χ0v) is 12.8. The maximum atomic E-state index is 11.8. The second-order valence-corrected chi connectivity index (χ2v) is 6.47. The fourth-order valence-electron chi connectivity index (χ4n) is 1.47. The summed E-state index contributed by atoms with van der Waals surface area (Å²) in [4.78, 5) is 11.2. The molecule has 0 bridgehead atoms. The predicted molar refractivity (Wildman–Crippen MR) is 74.6 cm³/mol. The van der Waals surface area contributed by atoms with Crippen molar-refractivity contribution in [3.05, 3.63) is 17.9 Å². The van der Waals surface area contributed by atoms with E-state index in [4.69, 9.17) is 4.42 Å². The molecule has 0 spiro atoms. The standard InChI is InChI=1S/C12H21N3O4S/c1-4-14-11(16)7-8-13-9-10-5-6-12(19-10)20(17,18)15(2)3/h5-6,13H,4,7-9H2,1-3H3,(H,14,16). The molecule has 7 nitrogen and oxygen atoms in total. The lowest BCUT2D eigenvalue weighted by atomic mass is 10.3. The van der Waals surface area contributed by atoms with Crippen LogP contribution in [0.2, 0.25) is 0 Å². The summed E-state index contributed by atoms with van der Waals surface area (Å²) >= 11 is 0. The second-order valence-electron chi connectivity index (χ2n) is 4.39. The van der Waals surface area contributed by atoms with Gasteiger partial charge in [-0.3, -0.25) is 4.79 Å². The van der Waals surface area contributed by atoms with E-state index in [1.54, 1.807) is 6.07 Å². The minimum absolute atomic E-state index is 0.0182. The Hall–Kier alpha value is -1.38. The summed E-state index contributed by atoms with van der Waals surface area (Å²) in [5, 5.41) is 5.63. The molecule has 0 aliphatic heterocycles. The smallest absolute Gasteiger partial charge is 0.275 e. The van der Waals surface area contributed by atoms with Gasteiger partial charge in [0.25, 0.3) is 10.0 Å². The number of carbonyl (C=O) groups is 1. The van der Waals surface area contributed by atoms with E-state index in [1.807, 2.05) is 6.92 Å². The highest BCUT2D eigenvalue weighted by molar-refractivity contribution is 7.88. The third-order valence-electron chi connectivity index (χ3n) is 2.57. The molecule has 2 N–H and O–H groups in total. The number of rotatable bonds is 8. The van der Waals surface area contributed by atoms with Crippen molar-refractivity contribution < 1.29 is 17.6 Å². The first-order valence-corrected chi connectivity index (χ1v) is 7.80. The van der Waals surface area contributed by atoms with Crippen LogP contribution in [0.1, 0.15) is 19.1 Å². The van der Waals surface area contributed by atoms with Crippen molar-refractivity contribution >= 4 is 15.9 Å². The van der Waals surface area contributed by atoms with E-state index in [1.165, 1.54) is 20.2 Å². The highest BCUT2D eigenvalue weighted by atomic mass is 32.2. The maximum Gasteiger partial charge on any atom is 0.275 e. The zero-order valence-electron chi connectivity index (χ0n) is 12.0. The molecule has 0 radical (unpaired) electrons. The molecule has 1 amide bonds.